The molecule has 252 valence electrons. The van der Waals surface area contributed by atoms with Crippen LogP contribution in [0, 0.1) is 0 Å². The molecular formula is C29H23N7O10S3. The fourth-order valence-electron chi connectivity index (χ4n) is 4.25. The molecule has 0 unspecified atom stereocenters. The lowest BCUT2D eigenvalue weighted by Crippen LogP contribution is -1.99. The van der Waals surface area contributed by atoms with Crippen LogP contribution in [0.25, 0.3) is 10.8 Å². The molecule has 0 atom stereocenters. The summed E-state index contributed by atoms with van der Waals surface area (Å²) in [7, 11) is -12.8. The van der Waals surface area contributed by atoms with Gasteiger partial charge in [-0.1, -0.05) is 6.07 Å². The van der Waals surface area contributed by atoms with Crippen LogP contribution in [0.15, 0.2) is 136 Å². The lowest BCUT2D eigenvalue weighted by Gasteiger charge is -2.09. The Bertz CT molecular complexity index is 2510. The van der Waals surface area contributed by atoms with E-state index in [9.17, 15) is 34.4 Å². The monoisotopic (exact) mass is 725 g/mol. The van der Waals surface area contributed by atoms with Crippen molar-refractivity contribution in [2.24, 2.45) is 30.7 Å². The summed E-state index contributed by atoms with van der Waals surface area (Å²) < 4.78 is 105. The van der Waals surface area contributed by atoms with Crippen molar-refractivity contribution in [3.05, 3.63) is 91.0 Å². The maximum absolute atomic E-state index is 12.3. The molecule has 5 aromatic carbocycles. The zero-order chi connectivity index (χ0) is 35.6. The molecule has 0 bridgehead atoms. The maximum Gasteiger partial charge on any atom is 0.296 e. The summed E-state index contributed by atoms with van der Waals surface area (Å²) >= 11 is 0. The molecule has 0 saturated heterocycles. The molecule has 0 saturated carbocycles. The van der Waals surface area contributed by atoms with E-state index in [0.717, 1.165) is 30.3 Å². The molecule has 0 amide bonds. The molecule has 49 heavy (non-hydrogen) atoms. The van der Waals surface area contributed by atoms with Crippen LogP contribution in [0.4, 0.5) is 39.8 Å². The predicted molar refractivity (Wildman–Crippen MR) is 176 cm³/mol. The number of methoxy groups -OCH3 is 1. The molecule has 0 aromatic heterocycles. The van der Waals surface area contributed by atoms with Gasteiger partial charge in [0, 0.05) is 22.5 Å². The molecule has 0 heterocycles. The van der Waals surface area contributed by atoms with Crippen LogP contribution < -0.4 is 10.5 Å². The van der Waals surface area contributed by atoms with Gasteiger partial charge >= 0.3 is 0 Å². The number of hydrogen-bond acceptors (Lipinski definition) is 14. The minimum Gasteiger partial charge on any atom is -0.494 e. The lowest BCUT2D eigenvalue weighted by atomic mass is 10.1. The van der Waals surface area contributed by atoms with Crippen LogP contribution in [0.5, 0.6) is 5.75 Å². The first-order valence-corrected chi connectivity index (χ1v) is 17.8. The highest BCUT2D eigenvalue weighted by Gasteiger charge is 2.21. The minimum atomic E-state index is -4.94. The number of nitrogens with zero attached hydrogens (tertiary/aromatic N) is 6. The Morgan fingerprint density at radius 3 is 1.55 bits per heavy atom. The Labute approximate surface area is 278 Å². The lowest BCUT2D eigenvalue weighted by molar-refractivity contribution is 0.415. The molecule has 17 nitrogen and oxygen atoms in total. The molecule has 0 fully saturated rings. The van der Waals surface area contributed by atoms with Crippen molar-refractivity contribution in [1.82, 2.24) is 0 Å². The third-order valence-electron chi connectivity index (χ3n) is 6.62. The number of benzene rings is 5. The van der Waals surface area contributed by atoms with Gasteiger partial charge in [0.1, 0.15) is 22.0 Å². The number of nitrogen functional groups attached to an aromatic ring is 1. The van der Waals surface area contributed by atoms with Crippen LogP contribution in [0.3, 0.4) is 0 Å². The van der Waals surface area contributed by atoms with Gasteiger partial charge in [0.15, 0.2) is 0 Å². The van der Waals surface area contributed by atoms with E-state index in [1.807, 2.05) is 0 Å². The fourth-order valence-corrected chi connectivity index (χ4v) is 5.86. The minimum absolute atomic E-state index is 0.0660. The first kappa shape index (κ1) is 34.8. The highest BCUT2D eigenvalue weighted by atomic mass is 32.2. The molecule has 0 aliphatic heterocycles. The molecule has 0 aliphatic carbocycles. The van der Waals surface area contributed by atoms with Crippen LogP contribution >= 0.6 is 0 Å². The van der Waals surface area contributed by atoms with E-state index in [4.69, 9.17) is 15.0 Å². The van der Waals surface area contributed by atoms with Gasteiger partial charge in [0.2, 0.25) is 0 Å². The average molecular weight is 726 g/mol. The summed E-state index contributed by atoms with van der Waals surface area (Å²) in [5, 5.41) is 24.9. The summed E-state index contributed by atoms with van der Waals surface area (Å²) in [4.78, 5) is -1.59. The number of hydrogen-bond donors (Lipinski definition) is 4. The van der Waals surface area contributed by atoms with Gasteiger partial charge in [-0.2, -0.15) is 35.5 Å². The topological polar surface area (TPSA) is 273 Å². The van der Waals surface area contributed by atoms with Gasteiger partial charge in [-0.15, -0.1) is 20.5 Å². The Morgan fingerprint density at radius 1 is 0.510 bits per heavy atom. The number of fused-ring (bicyclic) bond motifs is 1. The van der Waals surface area contributed by atoms with Crippen molar-refractivity contribution < 1.29 is 43.6 Å². The van der Waals surface area contributed by atoms with Crippen molar-refractivity contribution in [2.75, 3.05) is 12.8 Å². The normalized spacial score (nSPS) is 12.8. The van der Waals surface area contributed by atoms with Crippen molar-refractivity contribution in [3.8, 4) is 5.75 Å². The highest BCUT2D eigenvalue weighted by molar-refractivity contribution is 7.86. The van der Waals surface area contributed by atoms with Gasteiger partial charge in [0.25, 0.3) is 30.4 Å². The summed E-state index contributed by atoms with van der Waals surface area (Å²) in [6.07, 6.45) is 0. The second-order valence-corrected chi connectivity index (χ2v) is 14.1. The molecule has 0 radical (unpaired) electrons. The highest BCUT2D eigenvalue weighted by Crippen LogP contribution is 2.41. The Morgan fingerprint density at radius 2 is 1.00 bits per heavy atom. The van der Waals surface area contributed by atoms with E-state index < -0.39 is 45.0 Å². The van der Waals surface area contributed by atoms with E-state index in [-0.39, 0.29) is 33.9 Å². The molecule has 0 spiro atoms. The van der Waals surface area contributed by atoms with Crippen molar-refractivity contribution >= 4 is 80.9 Å². The number of anilines is 1. The first-order chi connectivity index (χ1) is 23.0. The smallest absolute Gasteiger partial charge is 0.296 e. The third kappa shape index (κ3) is 8.32. The third-order valence-corrected chi connectivity index (χ3v) is 9.22. The van der Waals surface area contributed by atoms with Crippen LogP contribution in [0.1, 0.15) is 0 Å². The van der Waals surface area contributed by atoms with Gasteiger partial charge in [-0.3, -0.25) is 13.7 Å². The van der Waals surface area contributed by atoms with Crippen LogP contribution in [0.2, 0.25) is 0 Å². The second kappa shape index (κ2) is 13.5. The summed E-state index contributed by atoms with van der Waals surface area (Å²) in [6, 6.07) is 19.7. The zero-order valence-corrected chi connectivity index (χ0v) is 27.3. The number of ether oxygens (including phenoxy) is 1. The number of azo groups is 3. The SMILES string of the molecule is COc1cc(N=Nc2ccc(S(=O)(=O)O)cc2)c(S(=O)(=O)O)cc1N=Nc1ccc(N=Nc2ccc(N)cc2)c2ccc(S(=O)(=O)O)cc12. The van der Waals surface area contributed by atoms with E-state index in [1.165, 1.54) is 43.5 Å². The second-order valence-electron chi connectivity index (χ2n) is 9.91. The molecular weight excluding hydrogens is 703 g/mol. The van der Waals surface area contributed by atoms with E-state index in [0.29, 0.717) is 22.4 Å². The molecule has 5 aromatic rings. The van der Waals surface area contributed by atoms with Gasteiger partial charge in [-0.05, 0) is 78.9 Å². The van der Waals surface area contributed by atoms with Gasteiger partial charge in [-0.25, -0.2) is 0 Å². The average Bonchev–Trinajstić information content (AvgIpc) is 3.05. The van der Waals surface area contributed by atoms with Gasteiger partial charge in [0.05, 0.1) is 39.7 Å². The standard InChI is InChI=1S/C29H23N7O10S3/c1-46-28-15-27(36-32-19-6-8-20(9-7-19)47(37,38)39)29(49(43,44)45)16-26(28)35-34-25-13-12-24(33-31-18-4-2-17(30)3-5-18)22-11-10-21(14-23(22)25)48(40,41)42/h2-16H,30H2,1H3,(H,37,38,39)(H,40,41,42)(H,43,44,45). The molecule has 5 rings (SSSR count). The number of rotatable bonds is 10. The summed E-state index contributed by atoms with van der Waals surface area (Å²) in [5.74, 6) is -0.0660. The molecule has 20 heteroatoms. The summed E-state index contributed by atoms with van der Waals surface area (Å²) in [6.45, 7) is 0. The maximum atomic E-state index is 12.3. The predicted octanol–water partition coefficient (Wildman–Crippen LogP) is 7.42. The van der Waals surface area contributed by atoms with Gasteiger partial charge < -0.3 is 10.5 Å². The van der Waals surface area contributed by atoms with Crippen LogP contribution in [-0.4, -0.2) is 46.0 Å². The van der Waals surface area contributed by atoms with E-state index >= 15 is 0 Å². The molecule has 5 N–H and O–H groups in total. The van der Waals surface area contributed by atoms with Crippen molar-refractivity contribution in [2.45, 2.75) is 14.7 Å². The van der Waals surface area contributed by atoms with E-state index in [1.54, 1.807) is 24.3 Å². The first-order valence-electron chi connectivity index (χ1n) is 13.4. The van der Waals surface area contributed by atoms with E-state index in [2.05, 4.69) is 30.7 Å². The quantitative estimate of drug-likeness (QED) is 0.0624. The Kier molecular flexibility index (Phi) is 9.62. The van der Waals surface area contributed by atoms with Crippen molar-refractivity contribution in [3.63, 3.8) is 0 Å². The fraction of sp³-hybridized carbons (Fsp3) is 0.0345. The Hall–Kier alpha value is -5.51. The Balaban J connectivity index is 1.57. The zero-order valence-electron chi connectivity index (χ0n) is 24.8. The van der Waals surface area contributed by atoms with Crippen LogP contribution in [-0.2, 0) is 30.4 Å². The van der Waals surface area contributed by atoms with Crippen molar-refractivity contribution in [1.29, 1.82) is 0 Å². The number of nitrogens with two attached hydrogens (primary N) is 1. The molecule has 0 aliphatic rings. The largest absolute Gasteiger partial charge is 0.494 e. The summed E-state index contributed by atoms with van der Waals surface area (Å²) in [5.41, 5.74) is 6.60.